The minimum absolute atomic E-state index is 0.194. The van der Waals surface area contributed by atoms with Crippen molar-refractivity contribution in [2.24, 2.45) is 0 Å². The SMILES string of the molecule is CCC[C@H](O)[C@H](CNCc1ccc(C)cc1C)NC(=O)CNC(=O)c1cccc(C(F)(F)F)c1. The average Bonchev–Trinajstić information content (AvgIpc) is 2.77. The lowest BCUT2D eigenvalue weighted by atomic mass is 10.0. The molecule has 2 aromatic carbocycles. The van der Waals surface area contributed by atoms with Crippen LogP contribution in [0.25, 0.3) is 0 Å². The predicted octanol–water partition coefficient (Wildman–Crippen LogP) is 3.49. The second-order valence-corrected chi connectivity index (χ2v) is 8.35. The summed E-state index contributed by atoms with van der Waals surface area (Å²) in [6.45, 7) is 6.39. The van der Waals surface area contributed by atoms with Gasteiger partial charge in [-0.3, -0.25) is 9.59 Å². The molecule has 34 heavy (non-hydrogen) atoms. The van der Waals surface area contributed by atoms with E-state index in [0.717, 1.165) is 41.3 Å². The normalized spacial score (nSPS) is 13.3. The first-order valence-corrected chi connectivity index (χ1v) is 11.2. The van der Waals surface area contributed by atoms with Crippen molar-refractivity contribution >= 4 is 11.8 Å². The zero-order valence-corrected chi connectivity index (χ0v) is 19.6. The third kappa shape index (κ3) is 8.46. The number of halogens is 3. The summed E-state index contributed by atoms with van der Waals surface area (Å²) in [6.07, 6.45) is -4.16. The number of carbonyl (C=O) groups excluding carboxylic acids is 2. The fourth-order valence-corrected chi connectivity index (χ4v) is 3.54. The largest absolute Gasteiger partial charge is 0.416 e. The number of alkyl halides is 3. The van der Waals surface area contributed by atoms with Crippen molar-refractivity contribution < 1.29 is 27.9 Å². The highest BCUT2D eigenvalue weighted by Crippen LogP contribution is 2.29. The van der Waals surface area contributed by atoms with Crippen LogP contribution in [0.5, 0.6) is 0 Å². The molecule has 0 heterocycles. The van der Waals surface area contributed by atoms with Gasteiger partial charge in [-0.1, -0.05) is 43.2 Å². The Kier molecular flexibility index (Phi) is 10.1. The molecule has 0 bridgehead atoms. The summed E-state index contributed by atoms with van der Waals surface area (Å²) >= 11 is 0. The third-order valence-corrected chi connectivity index (χ3v) is 5.43. The van der Waals surface area contributed by atoms with E-state index >= 15 is 0 Å². The molecule has 0 aliphatic carbocycles. The molecule has 0 unspecified atom stereocenters. The Morgan fingerprint density at radius 1 is 1.09 bits per heavy atom. The number of nitrogens with one attached hydrogen (secondary N) is 3. The van der Waals surface area contributed by atoms with Crippen molar-refractivity contribution in [3.8, 4) is 0 Å². The number of amides is 2. The van der Waals surface area contributed by atoms with Crippen molar-refractivity contribution in [2.75, 3.05) is 13.1 Å². The Morgan fingerprint density at radius 3 is 2.47 bits per heavy atom. The maximum absolute atomic E-state index is 12.9. The molecule has 2 amide bonds. The lowest BCUT2D eigenvalue weighted by Gasteiger charge is -2.25. The van der Waals surface area contributed by atoms with E-state index in [1.54, 1.807) is 0 Å². The van der Waals surface area contributed by atoms with Crippen molar-refractivity contribution in [1.82, 2.24) is 16.0 Å². The first kappa shape index (κ1) is 27.3. The van der Waals surface area contributed by atoms with Crippen LogP contribution in [0.2, 0.25) is 0 Å². The Bertz CT molecular complexity index is 979. The van der Waals surface area contributed by atoms with Gasteiger partial charge in [0.1, 0.15) is 0 Å². The van der Waals surface area contributed by atoms with E-state index in [2.05, 4.69) is 22.0 Å². The number of hydrogen-bond acceptors (Lipinski definition) is 4. The minimum atomic E-state index is -4.57. The van der Waals surface area contributed by atoms with Crippen LogP contribution >= 0.6 is 0 Å². The van der Waals surface area contributed by atoms with Gasteiger partial charge in [0.05, 0.1) is 24.3 Å². The highest BCUT2D eigenvalue weighted by Gasteiger charge is 2.31. The quantitative estimate of drug-likeness (QED) is 0.397. The van der Waals surface area contributed by atoms with Gasteiger partial charge in [-0.25, -0.2) is 0 Å². The lowest BCUT2D eigenvalue weighted by Crippen LogP contribution is -2.51. The van der Waals surface area contributed by atoms with Gasteiger partial charge in [-0.15, -0.1) is 0 Å². The molecule has 0 saturated carbocycles. The van der Waals surface area contributed by atoms with E-state index in [-0.39, 0.29) is 5.56 Å². The standard InChI is InChI=1S/C25H32F3N3O3/c1-4-6-22(32)21(14-29-13-19-10-9-16(2)11-17(19)3)31-23(33)15-30-24(34)18-7-5-8-20(12-18)25(26,27)28/h5,7-12,21-22,29,32H,4,6,13-15H2,1-3H3,(H,30,34)(H,31,33)/t21-,22-/m0/s1. The van der Waals surface area contributed by atoms with E-state index < -0.39 is 42.2 Å². The summed E-state index contributed by atoms with van der Waals surface area (Å²) in [5.41, 5.74) is 2.27. The zero-order chi connectivity index (χ0) is 25.3. The van der Waals surface area contributed by atoms with E-state index in [1.807, 2.05) is 32.9 Å². The van der Waals surface area contributed by atoms with E-state index in [4.69, 9.17) is 0 Å². The molecule has 4 N–H and O–H groups in total. The molecule has 0 saturated heterocycles. The van der Waals surface area contributed by atoms with Gasteiger partial charge in [0.25, 0.3) is 5.91 Å². The number of benzene rings is 2. The van der Waals surface area contributed by atoms with Crippen molar-refractivity contribution in [3.05, 3.63) is 70.3 Å². The van der Waals surface area contributed by atoms with Crippen LogP contribution < -0.4 is 16.0 Å². The number of carbonyl (C=O) groups is 2. The highest BCUT2D eigenvalue weighted by molar-refractivity contribution is 5.96. The van der Waals surface area contributed by atoms with Gasteiger partial charge in [-0.05, 0) is 49.6 Å². The third-order valence-electron chi connectivity index (χ3n) is 5.43. The molecule has 0 aromatic heterocycles. The summed E-state index contributed by atoms with van der Waals surface area (Å²) in [6, 6.07) is 9.51. The van der Waals surface area contributed by atoms with E-state index in [0.29, 0.717) is 19.5 Å². The minimum Gasteiger partial charge on any atom is -0.391 e. The molecule has 2 rings (SSSR count). The maximum Gasteiger partial charge on any atom is 0.416 e. The number of aliphatic hydroxyl groups is 1. The summed E-state index contributed by atoms with van der Waals surface area (Å²) in [5.74, 6) is -1.34. The van der Waals surface area contributed by atoms with Gasteiger partial charge < -0.3 is 21.1 Å². The molecule has 0 spiro atoms. The number of hydrogen-bond donors (Lipinski definition) is 4. The average molecular weight is 480 g/mol. The van der Waals surface area contributed by atoms with Crippen molar-refractivity contribution in [1.29, 1.82) is 0 Å². The Balaban J connectivity index is 1.92. The Morgan fingerprint density at radius 2 is 1.82 bits per heavy atom. The van der Waals surface area contributed by atoms with E-state index in [9.17, 15) is 27.9 Å². The molecule has 9 heteroatoms. The van der Waals surface area contributed by atoms with Gasteiger partial charge in [-0.2, -0.15) is 13.2 Å². The molecule has 0 fully saturated rings. The molecule has 0 aliphatic rings. The number of aryl methyl sites for hydroxylation is 2. The van der Waals surface area contributed by atoms with Gasteiger partial charge in [0, 0.05) is 18.7 Å². The number of rotatable bonds is 11. The lowest BCUT2D eigenvalue weighted by molar-refractivity contribution is -0.137. The molecule has 6 nitrogen and oxygen atoms in total. The van der Waals surface area contributed by atoms with Crippen LogP contribution in [0.1, 0.15) is 52.4 Å². The maximum atomic E-state index is 12.9. The van der Waals surface area contributed by atoms with Crippen molar-refractivity contribution in [2.45, 2.75) is 58.5 Å². The zero-order valence-electron chi connectivity index (χ0n) is 19.6. The topological polar surface area (TPSA) is 90.5 Å². The summed E-state index contributed by atoms with van der Waals surface area (Å²) in [5, 5.41) is 18.7. The highest BCUT2D eigenvalue weighted by atomic mass is 19.4. The van der Waals surface area contributed by atoms with Crippen LogP contribution in [0.3, 0.4) is 0 Å². The molecule has 2 atom stereocenters. The monoisotopic (exact) mass is 479 g/mol. The fourth-order valence-electron chi connectivity index (χ4n) is 3.54. The van der Waals surface area contributed by atoms with Crippen LogP contribution in [0, 0.1) is 13.8 Å². The molecular weight excluding hydrogens is 447 g/mol. The molecule has 0 radical (unpaired) electrons. The van der Waals surface area contributed by atoms with Crippen LogP contribution in [-0.4, -0.2) is 42.2 Å². The summed E-state index contributed by atoms with van der Waals surface area (Å²) in [7, 11) is 0. The van der Waals surface area contributed by atoms with Crippen LogP contribution in [0.4, 0.5) is 13.2 Å². The first-order chi connectivity index (χ1) is 16.0. The van der Waals surface area contributed by atoms with Gasteiger partial charge >= 0.3 is 6.18 Å². The first-order valence-electron chi connectivity index (χ1n) is 11.2. The molecule has 2 aromatic rings. The Hall–Kier alpha value is -2.91. The summed E-state index contributed by atoms with van der Waals surface area (Å²) < 4.78 is 38.6. The van der Waals surface area contributed by atoms with Gasteiger partial charge in [0.15, 0.2) is 0 Å². The second kappa shape index (κ2) is 12.5. The predicted molar refractivity (Wildman–Crippen MR) is 124 cm³/mol. The molecule has 0 aliphatic heterocycles. The van der Waals surface area contributed by atoms with Crippen LogP contribution in [-0.2, 0) is 17.5 Å². The van der Waals surface area contributed by atoms with Crippen molar-refractivity contribution in [3.63, 3.8) is 0 Å². The number of aliphatic hydroxyl groups excluding tert-OH is 1. The summed E-state index contributed by atoms with van der Waals surface area (Å²) in [4.78, 5) is 24.6. The molecule has 186 valence electrons. The molecular formula is C25H32F3N3O3. The fraction of sp³-hybridized carbons (Fsp3) is 0.440. The van der Waals surface area contributed by atoms with Crippen LogP contribution in [0.15, 0.2) is 42.5 Å². The smallest absolute Gasteiger partial charge is 0.391 e. The van der Waals surface area contributed by atoms with E-state index in [1.165, 1.54) is 6.07 Å². The second-order valence-electron chi connectivity index (χ2n) is 8.35. The van der Waals surface area contributed by atoms with Gasteiger partial charge in [0.2, 0.25) is 5.91 Å². The Labute approximate surface area is 197 Å².